The summed E-state index contributed by atoms with van der Waals surface area (Å²) >= 11 is 0. The van der Waals surface area contributed by atoms with Gasteiger partial charge in [-0.3, -0.25) is 0 Å². The van der Waals surface area contributed by atoms with E-state index in [2.05, 4.69) is 38.8 Å². The summed E-state index contributed by atoms with van der Waals surface area (Å²) < 4.78 is 5.25. The van der Waals surface area contributed by atoms with Gasteiger partial charge >= 0.3 is 5.97 Å². The third-order valence-corrected chi connectivity index (χ3v) is 6.07. The van der Waals surface area contributed by atoms with Crippen molar-refractivity contribution >= 4 is 23.4 Å². The van der Waals surface area contributed by atoms with Crippen molar-refractivity contribution < 1.29 is 9.53 Å². The summed E-state index contributed by atoms with van der Waals surface area (Å²) in [6, 6.07) is 18.4. The van der Waals surface area contributed by atoms with Gasteiger partial charge in [0.1, 0.15) is 5.56 Å². The number of aromatic nitrogens is 2. The Balaban J connectivity index is 1.57. The van der Waals surface area contributed by atoms with Gasteiger partial charge in [0, 0.05) is 18.4 Å². The van der Waals surface area contributed by atoms with Gasteiger partial charge in [-0.15, -0.1) is 0 Å². The normalized spacial score (nSPS) is 14.0. The fourth-order valence-electron chi connectivity index (χ4n) is 4.29. The molecule has 0 atom stereocenters. The summed E-state index contributed by atoms with van der Waals surface area (Å²) in [5.74, 6) is 1.20. The van der Waals surface area contributed by atoms with Crippen molar-refractivity contribution in [3.63, 3.8) is 0 Å². The first-order valence-electron chi connectivity index (χ1n) is 11.9. The number of hydrogen-bond acceptors (Lipinski definition) is 6. The van der Waals surface area contributed by atoms with Crippen molar-refractivity contribution in [3.05, 3.63) is 77.5 Å². The quantitative estimate of drug-likeness (QED) is 0.395. The molecule has 1 aliphatic rings. The Bertz CT molecular complexity index is 1050. The molecule has 2 aromatic carbocycles. The van der Waals surface area contributed by atoms with E-state index in [1.807, 2.05) is 36.4 Å². The summed E-state index contributed by atoms with van der Waals surface area (Å²) in [5, 5.41) is 6.77. The number of hydrogen-bond donors (Lipinski definition) is 2. The lowest BCUT2D eigenvalue weighted by molar-refractivity contribution is 0.0526. The minimum atomic E-state index is -0.431. The van der Waals surface area contributed by atoms with Gasteiger partial charge < -0.3 is 15.4 Å². The van der Waals surface area contributed by atoms with Gasteiger partial charge in [0.15, 0.2) is 5.82 Å². The Labute approximate surface area is 195 Å². The lowest BCUT2D eigenvalue weighted by Crippen LogP contribution is -2.19. The van der Waals surface area contributed by atoms with Crippen molar-refractivity contribution in [2.75, 3.05) is 23.8 Å². The molecule has 33 heavy (non-hydrogen) atoms. The predicted molar refractivity (Wildman–Crippen MR) is 132 cm³/mol. The van der Waals surface area contributed by atoms with Gasteiger partial charge in [-0.25, -0.2) is 9.78 Å². The highest BCUT2D eigenvalue weighted by atomic mass is 16.5. The molecule has 4 rings (SSSR count). The van der Waals surface area contributed by atoms with Crippen molar-refractivity contribution in [1.29, 1.82) is 0 Å². The zero-order chi connectivity index (χ0) is 22.9. The number of carbonyl (C=O) groups excluding carboxylic acids is 1. The number of esters is 1. The molecule has 1 fully saturated rings. The van der Waals surface area contributed by atoms with E-state index in [9.17, 15) is 4.79 Å². The van der Waals surface area contributed by atoms with Crippen LogP contribution in [0.3, 0.4) is 0 Å². The Morgan fingerprint density at radius 1 is 1.03 bits per heavy atom. The fourth-order valence-corrected chi connectivity index (χ4v) is 4.29. The maximum atomic E-state index is 12.6. The molecule has 0 radical (unpaired) electrons. The number of nitrogens with one attached hydrogen (secondary N) is 2. The summed E-state index contributed by atoms with van der Waals surface area (Å²) in [7, 11) is 0. The zero-order valence-corrected chi connectivity index (χ0v) is 19.2. The monoisotopic (exact) mass is 444 g/mol. The van der Waals surface area contributed by atoms with E-state index in [-0.39, 0.29) is 0 Å². The molecular weight excluding hydrogens is 412 g/mol. The first kappa shape index (κ1) is 22.8. The van der Waals surface area contributed by atoms with Gasteiger partial charge in [-0.05, 0) is 49.3 Å². The maximum absolute atomic E-state index is 12.6. The van der Waals surface area contributed by atoms with E-state index in [1.165, 1.54) is 37.7 Å². The molecule has 0 unspecified atom stereocenters. The molecular formula is C27H32N4O2. The molecule has 6 nitrogen and oxygen atoms in total. The number of nitrogens with zero attached hydrogens (tertiary/aromatic N) is 2. The number of anilines is 3. The van der Waals surface area contributed by atoms with Crippen LogP contribution < -0.4 is 10.6 Å². The highest BCUT2D eigenvalue weighted by Crippen LogP contribution is 2.27. The summed E-state index contributed by atoms with van der Waals surface area (Å²) in [5.41, 5.74) is 3.57. The molecule has 1 aliphatic carbocycles. The number of carbonyl (C=O) groups is 1. The highest BCUT2D eigenvalue weighted by molar-refractivity contribution is 5.95. The Morgan fingerprint density at radius 2 is 1.79 bits per heavy atom. The summed E-state index contributed by atoms with van der Waals surface area (Å²) in [6.07, 6.45) is 8.72. The van der Waals surface area contributed by atoms with Crippen molar-refractivity contribution in [3.8, 4) is 0 Å². The summed E-state index contributed by atoms with van der Waals surface area (Å²) in [4.78, 5) is 21.7. The first-order chi connectivity index (χ1) is 16.2. The smallest absolute Gasteiger partial charge is 0.343 e. The molecule has 0 amide bonds. The number of benzene rings is 2. The van der Waals surface area contributed by atoms with E-state index in [0.29, 0.717) is 29.9 Å². The van der Waals surface area contributed by atoms with Crippen LogP contribution in [0, 0.1) is 5.92 Å². The molecule has 0 saturated heterocycles. The second-order valence-electron chi connectivity index (χ2n) is 8.51. The Hall–Kier alpha value is -3.41. The molecule has 0 bridgehead atoms. The van der Waals surface area contributed by atoms with Crippen molar-refractivity contribution in [2.45, 2.75) is 45.4 Å². The lowest BCUT2D eigenvalue weighted by Gasteiger charge is -2.22. The topological polar surface area (TPSA) is 76.1 Å². The lowest BCUT2D eigenvalue weighted by atomic mass is 9.89. The van der Waals surface area contributed by atoms with Crippen LogP contribution in [0.1, 0.15) is 60.5 Å². The molecule has 6 heteroatoms. The summed E-state index contributed by atoms with van der Waals surface area (Å²) in [6.45, 7) is 2.94. The van der Waals surface area contributed by atoms with E-state index >= 15 is 0 Å². The number of para-hydroxylation sites is 1. The Morgan fingerprint density at radius 3 is 2.58 bits per heavy atom. The average molecular weight is 445 g/mol. The molecule has 172 valence electrons. The van der Waals surface area contributed by atoms with Gasteiger partial charge in [0.05, 0.1) is 6.61 Å². The minimum absolute atomic E-state index is 0.296. The van der Waals surface area contributed by atoms with E-state index in [4.69, 9.17) is 4.74 Å². The van der Waals surface area contributed by atoms with Crippen LogP contribution >= 0.6 is 0 Å². The predicted octanol–water partition coefficient (Wildman–Crippen LogP) is 5.98. The largest absolute Gasteiger partial charge is 0.462 e. The molecule has 3 aromatic rings. The molecule has 1 saturated carbocycles. The fraction of sp³-hybridized carbons (Fsp3) is 0.370. The van der Waals surface area contributed by atoms with Crippen LogP contribution in [-0.2, 0) is 11.2 Å². The zero-order valence-electron chi connectivity index (χ0n) is 19.2. The van der Waals surface area contributed by atoms with Gasteiger partial charge in [0.25, 0.3) is 0 Å². The second kappa shape index (κ2) is 11.5. The third kappa shape index (κ3) is 6.31. The van der Waals surface area contributed by atoms with E-state index < -0.39 is 5.97 Å². The van der Waals surface area contributed by atoms with Crippen molar-refractivity contribution in [2.24, 2.45) is 5.92 Å². The number of ether oxygens (including phenoxy) is 1. The molecule has 1 heterocycles. The first-order valence-corrected chi connectivity index (χ1v) is 11.9. The van der Waals surface area contributed by atoms with E-state index in [1.54, 1.807) is 13.1 Å². The average Bonchev–Trinajstić information content (AvgIpc) is 2.85. The standard InChI is InChI=1S/C27H32N4O2/c1-2-33-26(32)23-19-29-27(28-18-21-13-7-4-8-14-21)31-25(23)30-24-16-10-9-15-22(24)17-20-11-5-3-6-12-20/h3,5-6,9-12,15-16,19,21H,2,4,7-8,13-14,17-18H2,1H3,(H2,28,29,30,31). The van der Waals surface area contributed by atoms with Crippen LogP contribution in [0.15, 0.2) is 60.8 Å². The molecule has 0 spiro atoms. The second-order valence-corrected chi connectivity index (χ2v) is 8.51. The van der Waals surface area contributed by atoms with Gasteiger partial charge in [-0.2, -0.15) is 4.98 Å². The van der Waals surface area contributed by atoms with E-state index in [0.717, 1.165) is 24.2 Å². The minimum Gasteiger partial charge on any atom is -0.462 e. The van der Waals surface area contributed by atoms with Crippen LogP contribution in [0.2, 0.25) is 0 Å². The molecule has 0 aliphatic heterocycles. The Kier molecular flexibility index (Phi) is 7.90. The molecule has 1 aromatic heterocycles. The van der Waals surface area contributed by atoms with Crippen molar-refractivity contribution in [1.82, 2.24) is 9.97 Å². The molecule has 2 N–H and O–H groups in total. The van der Waals surface area contributed by atoms with Crippen LogP contribution in [0.4, 0.5) is 17.5 Å². The highest BCUT2D eigenvalue weighted by Gasteiger charge is 2.18. The number of rotatable bonds is 9. The third-order valence-electron chi connectivity index (χ3n) is 6.07. The van der Waals surface area contributed by atoms with Crippen LogP contribution in [0.5, 0.6) is 0 Å². The van der Waals surface area contributed by atoms with Gasteiger partial charge in [-0.1, -0.05) is 67.8 Å². The SMILES string of the molecule is CCOC(=O)c1cnc(NCC2CCCCC2)nc1Nc1ccccc1Cc1ccccc1. The van der Waals surface area contributed by atoms with Gasteiger partial charge in [0.2, 0.25) is 5.95 Å². The maximum Gasteiger partial charge on any atom is 0.343 e. The van der Waals surface area contributed by atoms with Crippen LogP contribution in [0.25, 0.3) is 0 Å². The van der Waals surface area contributed by atoms with Crippen LogP contribution in [-0.4, -0.2) is 29.1 Å².